The van der Waals surface area contributed by atoms with Crippen LogP contribution in [0, 0.1) is 10.1 Å². The Hall–Kier alpha value is -3.17. The summed E-state index contributed by atoms with van der Waals surface area (Å²) >= 11 is 7.24. The molecule has 2 aromatic carbocycles. The van der Waals surface area contributed by atoms with E-state index < -0.39 is 16.4 Å². The predicted octanol–water partition coefficient (Wildman–Crippen LogP) is 4.53. The van der Waals surface area contributed by atoms with E-state index in [4.69, 9.17) is 16.3 Å². The van der Waals surface area contributed by atoms with Gasteiger partial charge in [0.15, 0.2) is 5.75 Å². The summed E-state index contributed by atoms with van der Waals surface area (Å²) in [5.74, 6) is -0.537. The van der Waals surface area contributed by atoms with Crippen LogP contribution in [0.4, 0.5) is 10.8 Å². The fourth-order valence-electron chi connectivity index (χ4n) is 2.22. The summed E-state index contributed by atoms with van der Waals surface area (Å²) in [5.41, 5.74) is 4.39. The number of halogens is 1. The first-order chi connectivity index (χ1) is 13.0. The second-order valence-corrected chi connectivity index (χ2v) is 6.56. The number of phenols is 1. The van der Waals surface area contributed by atoms with Gasteiger partial charge in [-0.3, -0.25) is 15.5 Å². The summed E-state index contributed by atoms with van der Waals surface area (Å²) in [6.07, 6.45) is 1.37. The van der Waals surface area contributed by atoms with Crippen LogP contribution in [0.5, 0.6) is 11.5 Å². The van der Waals surface area contributed by atoms with Crippen LogP contribution in [-0.2, 0) is 0 Å². The average Bonchev–Trinajstić information content (AvgIpc) is 3.12. The minimum absolute atomic E-state index is 0.00933. The van der Waals surface area contributed by atoms with Gasteiger partial charge in [0.05, 0.1) is 23.9 Å². The topological polar surface area (TPSA) is 110 Å². The lowest BCUT2D eigenvalue weighted by molar-refractivity contribution is -0.386. The Morgan fingerprint density at radius 2 is 2.11 bits per heavy atom. The zero-order valence-corrected chi connectivity index (χ0v) is 15.5. The molecular weight excluding hydrogens is 392 g/mol. The van der Waals surface area contributed by atoms with Crippen molar-refractivity contribution >= 4 is 40.0 Å². The number of nitrogens with one attached hydrogen (secondary N) is 1. The summed E-state index contributed by atoms with van der Waals surface area (Å²) in [5, 5.41) is 27.9. The summed E-state index contributed by atoms with van der Waals surface area (Å²) in [6, 6.07) is 9.94. The molecule has 8 nitrogen and oxygen atoms in total. The first-order valence-electron chi connectivity index (χ1n) is 7.54. The molecule has 1 aromatic heterocycles. The molecule has 0 aliphatic rings. The lowest BCUT2D eigenvalue weighted by atomic mass is 10.2. The first kappa shape index (κ1) is 18.6. The van der Waals surface area contributed by atoms with Gasteiger partial charge in [-0.05, 0) is 18.2 Å². The maximum Gasteiger partial charge on any atom is 0.315 e. The third-order valence-corrected chi connectivity index (χ3v) is 4.51. The standard InChI is InChI=1S/C17H13ClN4O4S/c1-26-15-7-10(6-14(16(15)23)22(24)25)8-19-21-17-20-13(9-27-17)11-2-4-12(18)5-3-11/h2-9,23H,1H3,(H,20,21)/b19-8+. The van der Waals surface area contributed by atoms with Crippen LogP contribution < -0.4 is 10.2 Å². The van der Waals surface area contributed by atoms with Crippen LogP contribution in [0.2, 0.25) is 5.02 Å². The quantitative estimate of drug-likeness (QED) is 0.354. The van der Waals surface area contributed by atoms with Crippen LogP contribution in [0.25, 0.3) is 11.3 Å². The number of aromatic nitrogens is 1. The smallest absolute Gasteiger partial charge is 0.315 e. The number of phenolic OH excluding ortho intramolecular Hbond substituents is 1. The number of nitro benzene ring substituents is 1. The van der Waals surface area contributed by atoms with Crippen LogP contribution in [-0.4, -0.2) is 28.3 Å². The van der Waals surface area contributed by atoms with Gasteiger partial charge < -0.3 is 9.84 Å². The molecule has 0 radical (unpaired) electrons. The maximum absolute atomic E-state index is 11.0. The lowest BCUT2D eigenvalue weighted by Gasteiger charge is -2.04. The molecule has 2 N–H and O–H groups in total. The normalized spacial score (nSPS) is 10.9. The lowest BCUT2D eigenvalue weighted by Crippen LogP contribution is -1.96. The van der Waals surface area contributed by atoms with Crippen molar-refractivity contribution in [3.8, 4) is 22.8 Å². The van der Waals surface area contributed by atoms with Gasteiger partial charge >= 0.3 is 5.69 Å². The summed E-state index contributed by atoms with van der Waals surface area (Å²) in [6.45, 7) is 0. The van der Waals surface area contributed by atoms with Crippen LogP contribution >= 0.6 is 22.9 Å². The molecule has 0 amide bonds. The van der Waals surface area contributed by atoms with E-state index in [9.17, 15) is 15.2 Å². The Morgan fingerprint density at radius 1 is 1.37 bits per heavy atom. The van der Waals surface area contributed by atoms with Gasteiger partial charge in [-0.15, -0.1) is 11.3 Å². The van der Waals surface area contributed by atoms with E-state index in [0.717, 1.165) is 11.3 Å². The molecule has 0 saturated carbocycles. The largest absolute Gasteiger partial charge is 0.500 e. The van der Waals surface area contributed by atoms with Crippen molar-refractivity contribution in [3.63, 3.8) is 0 Å². The molecule has 3 aromatic rings. The number of anilines is 1. The molecule has 0 unspecified atom stereocenters. The fourth-order valence-corrected chi connectivity index (χ4v) is 3.02. The number of thiazole rings is 1. The summed E-state index contributed by atoms with van der Waals surface area (Å²) < 4.78 is 4.95. The Labute approximate surface area is 162 Å². The van der Waals surface area contributed by atoms with Gasteiger partial charge in [0.1, 0.15) is 0 Å². The van der Waals surface area contributed by atoms with Crippen molar-refractivity contribution in [3.05, 3.63) is 62.5 Å². The van der Waals surface area contributed by atoms with E-state index in [1.807, 2.05) is 17.5 Å². The molecule has 0 spiro atoms. The number of ether oxygens (including phenoxy) is 1. The Bertz CT molecular complexity index is 1000. The molecule has 0 aliphatic heterocycles. The van der Waals surface area contributed by atoms with Gasteiger partial charge in [0.2, 0.25) is 10.9 Å². The number of hydrogen-bond donors (Lipinski definition) is 2. The predicted molar refractivity (Wildman–Crippen MR) is 105 cm³/mol. The van der Waals surface area contributed by atoms with E-state index in [1.54, 1.807) is 12.1 Å². The zero-order valence-electron chi connectivity index (χ0n) is 13.9. The third-order valence-electron chi connectivity index (χ3n) is 3.51. The summed E-state index contributed by atoms with van der Waals surface area (Å²) in [4.78, 5) is 14.7. The molecule has 138 valence electrons. The van der Waals surface area contributed by atoms with Crippen molar-refractivity contribution in [2.24, 2.45) is 5.10 Å². The van der Waals surface area contributed by atoms with Gasteiger partial charge in [0.25, 0.3) is 0 Å². The molecule has 1 heterocycles. The van der Waals surface area contributed by atoms with E-state index in [2.05, 4.69) is 15.5 Å². The molecule has 0 atom stereocenters. The number of hydrogen-bond acceptors (Lipinski definition) is 8. The van der Waals surface area contributed by atoms with Gasteiger partial charge in [-0.25, -0.2) is 4.98 Å². The second-order valence-electron chi connectivity index (χ2n) is 5.26. The number of benzene rings is 2. The highest BCUT2D eigenvalue weighted by molar-refractivity contribution is 7.14. The minimum Gasteiger partial charge on any atom is -0.500 e. The van der Waals surface area contributed by atoms with Crippen LogP contribution in [0.15, 0.2) is 46.9 Å². The molecular formula is C17H13ClN4O4S. The Balaban J connectivity index is 1.75. The third kappa shape index (κ3) is 4.33. The number of methoxy groups -OCH3 is 1. The number of nitro groups is 1. The fraction of sp³-hybridized carbons (Fsp3) is 0.0588. The van der Waals surface area contributed by atoms with Crippen molar-refractivity contribution in [1.82, 2.24) is 4.98 Å². The van der Waals surface area contributed by atoms with Crippen molar-refractivity contribution < 1.29 is 14.8 Å². The van der Waals surface area contributed by atoms with Gasteiger partial charge in [-0.2, -0.15) is 5.10 Å². The Morgan fingerprint density at radius 3 is 2.78 bits per heavy atom. The maximum atomic E-state index is 11.0. The van der Waals surface area contributed by atoms with E-state index >= 15 is 0 Å². The number of hydrazone groups is 1. The molecule has 10 heteroatoms. The number of aromatic hydroxyl groups is 1. The number of nitrogens with zero attached hydrogens (tertiary/aromatic N) is 3. The second kappa shape index (κ2) is 8.02. The van der Waals surface area contributed by atoms with Gasteiger partial charge in [-0.1, -0.05) is 23.7 Å². The first-order valence-corrected chi connectivity index (χ1v) is 8.79. The van der Waals surface area contributed by atoms with E-state index in [-0.39, 0.29) is 5.75 Å². The van der Waals surface area contributed by atoms with Gasteiger partial charge in [0, 0.05) is 27.6 Å². The van der Waals surface area contributed by atoms with E-state index in [0.29, 0.717) is 15.7 Å². The monoisotopic (exact) mass is 404 g/mol. The minimum atomic E-state index is -0.693. The zero-order chi connectivity index (χ0) is 19.4. The van der Waals surface area contributed by atoms with Crippen molar-refractivity contribution in [1.29, 1.82) is 0 Å². The molecule has 27 heavy (non-hydrogen) atoms. The van der Waals surface area contributed by atoms with Crippen LogP contribution in [0.1, 0.15) is 5.56 Å². The molecule has 0 bridgehead atoms. The van der Waals surface area contributed by atoms with Crippen molar-refractivity contribution in [2.75, 3.05) is 12.5 Å². The molecule has 3 rings (SSSR count). The Kier molecular flexibility index (Phi) is 5.53. The van der Waals surface area contributed by atoms with Crippen molar-refractivity contribution in [2.45, 2.75) is 0 Å². The molecule has 0 fully saturated rings. The van der Waals surface area contributed by atoms with Crippen LogP contribution in [0.3, 0.4) is 0 Å². The number of rotatable bonds is 6. The highest BCUT2D eigenvalue weighted by atomic mass is 35.5. The SMILES string of the molecule is COc1cc(/C=N/Nc2nc(-c3ccc(Cl)cc3)cs2)cc([N+](=O)[O-])c1O. The highest BCUT2D eigenvalue weighted by Gasteiger charge is 2.19. The van der Waals surface area contributed by atoms with E-state index in [1.165, 1.54) is 36.8 Å². The molecule has 0 saturated heterocycles. The average molecular weight is 405 g/mol. The molecule has 0 aliphatic carbocycles. The summed E-state index contributed by atoms with van der Waals surface area (Å²) in [7, 11) is 1.31. The highest BCUT2D eigenvalue weighted by Crippen LogP contribution is 2.36.